The summed E-state index contributed by atoms with van der Waals surface area (Å²) in [5.74, 6) is 0. The number of anilines is 1. The summed E-state index contributed by atoms with van der Waals surface area (Å²) in [6.07, 6.45) is 0. The van der Waals surface area contributed by atoms with E-state index in [1.807, 2.05) is 0 Å². The molecule has 0 atom stereocenters. The van der Waals surface area contributed by atoms with Gasteiger partial charge in [-0.1, -0.05) is 0 Å². The predicted octanol–water partition coefficient (Wildman–Crippen LogP) is 1.30. The Bertz CT molecular complexity index is 208. The van der Waals surface area contributed by atoms with E-state index in [4.69, 9.17) is 0 Å². The van der Waals surface area contributed by atoms with Gasteiger partial charge in [-0.3, -0.25) is 5.32 Å². The second-order valence-corrected chi connectivity index (χ2v) is 2.50. The molecule has 0 fully saturated rings. The standard InChI is InChI=1S/C6H7N2OS/c1-7-6(9)8-5-3-2-4-10-5/h2-3H,1H3,(H2,7,8,9). The number of carbonyl (C=O) groups is 1. The Kier molecular flexibility index (Phi) is 2.28. The fraction of sp³-hybridized carbons (Fsp3) is 0.167. The van der Waals surface area contributed by atoms with Crippen LogP contribution in [0.4, 0.5) is 9.80 Å². The molecule has 0 spiro atoms. The minimum absolute atomic E-state index is 0.198. The zero-order valence-corrected chi connectivity index (χ0v) is 6.29. The Morgan fingerprint density at radius 3 is 3.10 bits per heavy atom. The molecule has 0 saturated heterocycles. The van der Waals surface area contributed by atoms with Crippen LogP contribution in [0, 0.1) is 5.38 Å². The Hall–Kier alpha value is -1.03. The van der Waals surface area contributed by atoms with Crippen molar-refractivity contribution in [3.8, 4) is 0 Å². The maximum Gasteiger partial charge on any atom is 0.319 e. The Labute approximate surface area is 63.1 Å². The van der Waals surface area contributed by atoms with Crippen molar-refractivity contribution >= 4 is 22.4 Å². The van der Waals surface area contributed by atoms with Gasteiger partial charge in [0.05, 0.1) is 5.00 Å². The lowest BCUT2D eigenvalue weighted by molar-refractivity contribution is 0.254. The second-order valence-electron chi connectivity index (χ2n) is 1.62. The molecule has 0 unspecified atom stereocenters. The van der Waals surface area contributed by atoms with E-state index in [0.717, 1.165) is 5.00 Å². The van der Waals surface area contributed by atoms with Gasteiger partial charge in [0.25, 0.3) is 0 Å². The van der Waals surface area contributed by atoms with Gasteiger partial charge in [-0.15, -0.1) is 11.3 Å². The monoisotopic (exact) mass is 155 g/mol. The number of urea groups is 1. The molecule has 53 valence electrons. The van der Waals surface area contributed by atoms with Crippen LogP contribution in [0.3, 0.4) is 0 Å². The van der Waals surface area contributed by atoms with E-state index >= 15 is 0 Å². The van der Waals surface area contributed by atoms with Gasteiger partial charge in [0, 0.05) is 12.4 Å². The van der Waals surface area contributed by atoms with Crippen molar-refractivity contribution in [3.05, 3.63) is 17.5 Å². The summed E-state index contributed by atoms with van der Waals surface area (Å²) in [5, 5.41) is 8.72. The molecule has 0 aliphatic heterocycles. The number of carbonyl (C=O) groups excluding carboxylic acids is 1. The summed E-state index contributed by atoms with van der Waals surface area (Å²) in [4.78, 5) is 10.6. The molecule has 0 bridgehead atoms. The van der Waals surface area contributed by atoms with E-state index in [-0.39, 0.29) is 6.03 Å². The molecule has 1 radical (unpaired) electrons. The largest absolute Gasteiger partial charge is 0.341 e. The molecule has 1 heterocycles. The number of hydrogen-bond acceptors (Lipinski definition) is 2. The highest BCUT2D eigenvalue weighted by Crippen LogP contribution is 2.13. The van der Waals surface area contributed by atoms with Crippen LogP contribution in [0.25, 0.3) is 0 Å². The molecular formula is C6H7N2OS. The molecule has 1 aromatic rings. The predicted molar refractivity (Wildman–Crippen MR) is 41.2 cm³/mol. The average Bonchev–Trinajstić information content (AvgIpc) is 2.40. The first-order valence-corrected chi connectivity index (χ1v) is 3.59. The highest BCUT2D eigenvalue weighted by molar-refractivity contribution is 7.13. The van der Waals surface area contributed by atoms with Crippen LogP contribution in [0.1, 0.15) is 0 Å². The molecule has 2 amide bonds. The smallest absolute Gasteiger partial charge is 0.319 e. The SMILES string of the molecule is CNC(=O)Nc1cc[c]s1. The lowest BCUT2D eigenvalue weighted by Gasteiger charge is -1.98. The molecule has 0 saturated carbocycles. The summed E-state index contributed by atoms with van der Waals surface area (Å²) in [6.45, 7) is 0. The van der Waals surface area contributed by atoms with Gasteiger partial charge in [-0.2, -0.15) is 0 Å². The Morgan fingerprint density at radius 2 is 2.60 bits per heavy atom. The fourth-order valence-electron chi connectivity index (χ4n) is 0.483. The van der Waals surface area contributed by atoms with E-state index < -0.39 is 0 Å². The van der Waals surface area contributed by atoms with Crippen LogP contribution < -0.4 is 10.6 Å². The first kappa shape index (κ1) is 7.08. The van der Waals surface area contributed by atoms with Gasteiger partial charge in [0.1, 0.15) is 0 Å². The van der Waals surface area contributed by atoms with Crippen LogP contribution in [-0.2, 0) is 0 Å². The van der Waals surface area contributed by atoms with Crippen LogP contribution in [0.2, 0.25) is 0 Å². The van der Waals surface area contributed by atoms with Crippen molar-refractivity contribution in [2.45, 2.75) is 0 Å². The van der Waals surface area contributed by atoms with Gasteiger partial charge in [-0.25, -0.2) is 4.79 Å². The van der Waals surface area contributed by atoms with Gasteiger partial charge in [-0.05, 0) is 12.1 Å². The lowest BCUT2D eigenvalue weighted by atomic mass is 10.6. The highest BCUT2D eigenvalue weighted by atomic mass is 32.1. The van der Waals surface area contributed by atoms with Crippen molar-refractivity contribution in [3.63, 3.8) is 0 Å². The van der Waals surface area contributed by atoms with E-state index in [1.165, 1.54) is 11.3 Å². The highest BCUT2D eigenvalue weighted by Gasteiger charge is 1.96. The van der Waals surface area contributed by atoms with Crippen LogP contribution in [0.5, 0.6) is 0 Å². The molecule has 0 aliphatic carbocycles. The molecule has 4 heteroatoms. The topological polar surface area (TPSA) is 41.1 Å². The summed E-state index contributed by atoms with van der Waals surface area (Å²) in [5.41, 5.74) is 0. The fourth-order valence-corrected chi connectivity index (χ4v) is 1.03. The van der Waals surface area contributed by atoms with Gasteiger partial charge in [0.2, 0.25) is 0 Å². The molecule has 3 nitrogen and oxygen atoms in total. The Morgan fingerprint density at radius 1 is 1.80 bits per heavy atom. The van der Waals surface area contributed by atoms with E-state index in [0.29, 0.717) is 0 Å². The van der Waals surface area contributed by atoms with Crippen molar-refractivity contribution in [2.75, 3.05) is 12.4 Å². The van der Waals surface area contributed by atoms with E-state index in [1.54, 1.807) is 19.2 Å². The number of thiophene rings is 1. The number of hydrogen-bond donors (Lipinski definition) is 2. The summed E-state index contributed by atoms with van der Waals surface area (Å²) in [6, 6.07) is 3.35. The quantitative estimate of drug-likeness (QED) is 0.630. The molecule has 1 aromatic heterocycles. The number of nitrogens with one attached hydrogen (secondary N) is 2. The summed E-state index contributed by atoms with van der Waals surface area (Å²) in [7, 11) is 1.58. The van der Waals surface area contributed by atoms with Crippen LogP contribution in [0.15, 0.2) is 12.1 Å². The maximum atomic E-state index is 10.6. The zero-order valence-electron chi connectivity index (χ0n) is 5.47. The molecule has 0 aromatic carbocycles. The van der Waals surface area contributed by atoms with Gasteiger partial charge < -0.3 is 5.32 Å². The maximum absolute atomic E-state index is 10.6. The third-order valence-corrected chi connectivity index (χ3v) is 1.65. The lowest BCUT2D eigenvalue weighted by Crippen LogP contribution is -2.23. The average molecular weight is 155 g/mol. The molecular weight excluding hydrogens is 148 g/mol. The van der Waals surface area contributed by atoms with Crippen molar-refractivity contribution in [1.29, 1.82) is 0 Å². The molecule has 2 N–H and O–H groups in total. The second kappa shape index (κ2) is 3.22. The van der Waals surface area contributed by atoms with E-state index in [2.05, 4.69) is 16.0 Å². The molecule has 1 rings (SSSR count). The normalized spacial score (nSPS) is 8.90. The van der Waals surface area contributed by atoms with Crippen molar-refractivity contribution < 1.29 is 4.79 Å². The summed E-state index contributed by atoms with van der Waals surface area (Å²) < 4.78 is 0. The third-order valence-electron chi connectivity index (χ3n) is 0.935. The first-order valence-electron chi connectivity index (χ1n) is 2.77. The van der Waals surface area contributed by atoms with Crippen LogP contribution in [-0.4, -0.2) is 13.1 Å². The van der Waals surface area contributed by atoms with E-state index in [9.17, 15) is 4.79 Å². The first-order chi connectivity index (χ1) is 4.83. The molecule has 0 aliphatic rings. The Balaban J connectivity index is 2.48. The minimum atomic E-state index is -0.198. The number of rotatable bonds is 1. The molecule has 10 heavy (non-hydrogen) atoms. The number of amides is 2. The zero-order chi connectivity index (χ0) is 7.40. The van der Waals surface area contributed by atoms with Gasteiger partial charge >= 0.3 is 6.03 Å². The van der Waals surface area contributed by atoms with Crippen molar-refractivity contribution in [1.82, 2.24) is 5.32 Å². The van der Waals surface area contributed by atoms with Gasteiger partial charge in [0.15, 0.2) is 0 Å². The minimum Gasteiger partial charge on any atom is -0.341 e. The van der Waals surface area contributed by atoms with Crippen molar-refractivity contribution in [2.24, 2.45) is 0 Å². The summed E-state index contributed by atoms with van der Waals surface area (Å²) >= 11 is 1.37. The third kappa shape index (κ3) is 1.73. The van der Waals surface area contributed by atoms with Crippen LogP contribution >= 0.6 is 11.3 Å².